The highest BCUT2D eigenvalue weighted by atomic mass is 16.5. The largest absolute Gasteiger partial charge is 0.378 e. The second-order valence-corrected chi connectivity index (χ2v) is 7.65. The summed E-state index contributed by atoms with van der Waals surface area (Å²) in [5.74, 6) is 0.427. The Morgan fingerprint density at radius 2 is 1.93 bits per heavy atom. The molecular weight excluding hydrogens is 368 g/mol. The third-order valence-corrected chi connectivity index (χ3v) is 5.43. The lowest BCUT2D eigenvalue weighted by atomic mass is 10.1. The lowest BCUT2D eigenvalue weighted by Gasteiger charge is -2.27. The van der Waals surface area contributed by atoms with Gasteiger partial charge in [0.25, 0.3) is 0 Å². The van der Waals surface area contributed by atoms with Crippen LogP contribution in [0.25, 0.3) is 0 Å². The van der Waals surface area contributed by atoms with Crippen LogP contribution in [0.3, 0.4) is 0 Å². The van der Waals surface area contributed by atoms with Crippen molar-refractivity contribution in [1.82, 2.24) is 9.88 Å². The molecule has 7 nitrogen and oxygen atoms in total. The summed E-state index contributed by atoms with van der Waals surface area (Å²) < 4.78 is 5.36. The summed E-state index contributed by atoms with van der Waals surface area (Å²) in [4.78, 5) is 33.4. The fourth-order valence-corrected chi connectivity index (χ4v) is 3.70. The predicted octanol–water partition coefficient (Wildman–Crippen LogP) is 2.21. The minimum absolute atomic E-state index is 0.0199. The molecule has 0 aliphatic carbocycles. The van der Waals surface area contributed by atoms with E-state index in [-0.39, 0.29) is 24.2 Å². The number of nitrogens with one attached hydrogen (secondary N) is 1. The molecule has 1 aromatic heterocycles. The van der Waals surface area contributed by atoms with Crippen LogP contribution in [0.4, 0.5) is 11.5 Å². The molecule has 152 valence electrons. The van der Waals surface area contributed by atoms with Gasteiger partial charge in [-0.2, -0.15) is 0 Å². The Kier molecular flexibility index (Phi) is 5.76. The average Bonchev–Trinajstić information content (AvgIpc) is 3.11. The van der Waals surface area contributed by atoms with Gasteiger partial charge in [-0.05, 0) is 24.6 Å². The number of nitrogens with zero attached hydrogens (tertiary/aromatic N) is 3. The molecule has 0 spiro atoms. The minimum Gasteiger partial charge on any atom is -0.378 e. The van der Waals surface area contributed by atoms with Crippen molar-refractivity contribution in [3.8, 4) is 0 Å². The van der Waals surface area contributed by atoms with Crippen LogP contribution in [0.2, 0.25) is 0 Å². The van der Waals surface area contributed by atoms with Gasteiger partial charge in [-0.3, -0.25) is 9.59 Å². The second-order valence-electron chi connectivity index (χ2n) is 7.65. The van der Waals surface area contributed by atoms with Crippen LogP contribution in [0.5, 0.6) is 0 Å². The number of aromatic nitrogens is 1. The molecule has 2 saturated heterocycles. The number of ether oxygens (including phenoxy) is 1. The first-order valence-corrected chi connectivity index (χ1v) is 10.0. The van der Waals surface area contributed by atoms with E-state index in [1.54, 1.807) is 11.1 Å². The number of benzene rings is 1. The maximum Gasteiger partial charge on any atom is 0.229 e. The van der Waals surface area contributed by atoms with Crippen molar-refractivity contribution < 1.29 is 14.3 Å². The van der Waals surface area contributed by atoms with E-state index in [0.29, 0.717) is 32.0 Å². The summed E-state index contributed by atoms with van der Waals surface area (Å²) in [5.41, 5.74) is 2.91. The maximum absolute atomic E-state index is 12.6. The number of pyridine rings is 1. The monoisotopic (exact) mass is 394 g/mol. The Bertz CT molecular complexity index is 861. The van der Waals surface area contributed by atoms with Crippen molar-refractivity contribution in [2.24, 2.45) is 5.92 Å². The number of likely N-dealkylation sites (tertiary alicyclic amines) is 1. The molecule has 0 bridgehead atoms. The maximum atomic E-state index is 12.6. The summed E-state index contributed by atoms with van der Waals surface area (Å²) in [6, 6.07) is 11.9. The number of rotatable bonds is 5. The third-order valence-electron chi connectivity index (χ3n) is 5.43. The zero-order chi connectivity index (χ0) is 20.2. The summed E-state index contributed by atoms with van der Waals surface area (Å²) in [6.45, 7) is 6.06. The Morgan fingerprint density at radius 1 is 1.17 bits per heavy atom. The van der Waals surface area contributed by atoms with Gasteiger partial charge < -0.3 is 19.9 Å². The van der Waals surface area contributed by atoms with Gasteiger partial charge in [0.05, 0.1) is 31.0 Å². The molecular formula is C22H26N4O3. The van der Waals surface area contributed by atoms with Gasteiger partial charge in [0, 0.05) is 32.6 Å². The van der Waals surface area contributed by atoms with Gasteiger partial charge >= 0.3 is 0 Å². The molecule has 1 atom stereocenters. The van der Waals surface area contributed by atoms with Crippen molar-refractivity contribution in [2.45, 2.75) is 19.9 Å². The van der Waals surface area contributed by atoms with E-state index in [1.165, 1.54) is 5.56 Å². The van der Waals surface area contributed by atoms with Crippen LogP contribution in [-0.2, 0) is 20.9 Å². The number of hydrogen-bond acceptors (Lipinski definition) is 5. The van der Waals surface area contributed by atoms with E-state index >= 15 is 0 Å². The van der Waals surface area contributed by atoms with Crippen molar-refractivity contribution in [2.75, 3.05) is 43.1 Å². The summed E-state index contributed by atoms with van der Waals surface area (Å²) in [5, 5.41) is 2.90. The summed E-state index contributed by atoms with van der Waals surface area (Å²) in [6.07, 6.45) is 1.92. The van der Waals surface area contributed by atoms with E-state index in [0.717, 1.165) is 24.5 Å². The Hall–Kier alpha value is -2.93. The van der Waals surface area contributed by atoms with Crippen molar-refractivity contribution in [3.05, 3.63) is 53.7 Å². The molecule has 7 heteroatoms. The lowest BCUT2D eigenvalue weighted by molar-refractivity contribution is -0.128. The molecule has 1 N–H and O–H groups in total. The number of amides is 2. The van der Waals surface area contributed by atoms with Crippen LogP contribution >= 0.6 is 0 Å². The Balaban J connectivity index is 1.32. The zero-order valence-electron chi connectivity index (χ0n) is 16.6. The average molecular weight is 394 g/mol. The highest BCUT2D eigenvalue weighted by Crippen LogP contribution is 2.23. The molecule has 0 saturated carbocycles. The molecule has 29 heavy (non-hydrogen) atoms. The van der Waals surface area contributed by atoms with Gasteiger partial charge in [-0.25, -0.2) is 4.98 Å². The second kappa shape index (κ2) is 8.61. The highest BCUT2D eigenvalue weighted by molar-refractivity contribution is 5.97. The van der Waals surface area contributed by atoms with E-state index in [2.05, 4.69) is 15.2 Å². The Morgan fingerprint density at radius 3 is 2.62 bits per heavy atom. The molecule has 2 aliphatic rings. The fourth-order valence-electron chi connectivity index (χ4n) is 3.70. The van der Waals surface area contributed by atoms with E-state index in [1.807, 2.05) is 43.3 Å². The summed E-state index contributed by atoms with van der Waals surface area (Å²) in [7, 11) is 0. The zero-order valence-corrected chi connectivity index (χ0v) is 16.6. The molecule has 2 amide bonds. The van der Waals surface area contributed by atoms with Gasteiger partial charge in [-0.15, -0.1) is 0 Å². The number of carbonyl (C=O) groups is 2. The quantitative estimate of drug-likeness (QED) is 0.842. The fraction of sp³-hybridized carbons (Fsp3) is 0.409. The molecule has 2 aliphatic heterocycles. The standard InChI is InChI=1S/C22H26N4O3/c1-16-2-4-17(5-3-16)14-26-15-18(12-21(26)27)22(28)24-19-6-7-20(23-13-19)25-8-10-29-11-9-25/h2-7,13,18H,8-12,14-15H2,1H3,(H,24,28)/t18-/m0/s1. The number of morpholine rings is 1. The third kappa shape index (κ3) is 4.74. The SMILES string of the molecule is Cc1ccc(CN2C[C@@H](C(=O)Nc3ccc(N4CCOCC4)nc3)CC2=O)cc1. The number of aryl methyl sites for hydroxylation is 1. The summed E-state index contributed by atoms with van der Waals surface area (Å²) >= 11 is 0. The molecule has 2 aromatic rings. The highest BCUT2D eigenvalue weighted by Gasteiger charge is 2.34. The van der Waals surface area contributed by atoms with E-state index in [9.17, 15) is 9.59 Å². The van der Waals surface area contributed by atoms with Gasteiger partial charge in [0.15, 0.2) is 0 Å². The van der Waals surface area contributed by atoms with Crippen LogP contribution < -0.4 is 10.2 Å². The first-order chi connectivity index (χ1) is 14.1. The molecule has 4 rings (SSSR count). The topological polar surface area (TPSA) is 74.8 Å². The number of carbonyl (C=O) groups excluding carboxylic acids is 2. The van der Waals surface area contributed by atoms with Crippen molar-refractivity contribution >= 4 is 23.3 Å². The predicted molar refractivity (Wildman–Crippen MR) is 111 cm³/mol. The van der Waals surface area contributed by atoms with Gasteiger partial charge in [-0.1, -0.05) is 29.8 Å². The molecule has 2 fully saturated rings. The van der Waals surface area contributed by atoms with Crippen molar-refractivity contribution in [1.29, 1.82) is 0 Å². The van der Waals surface area contributed by atoms with Crippen molar-refractivity contribution in [3.63, 3.8) is 0 Å². The normalized spacial score (nSPS) is 19.5. The molecule has 0 unspecified atom stereocenters. The molecule has 3 heterocycles. The lowest BCUT2D eigenvalue weighted by Crippen LogP contribution is -2.36. The number of anilines is 2. The van der Waals surface area contributed by atoms with Gasteiger partial charge in [0.1, 0.15) is 5.82 Å². The van der Waals surface area contributed by atoms with Crippen LogP contribution in [0.15, 0.2) is 42.6 Å². The first-order valence-electron chi connectivity index (χ1n) is 10.0. The van der Waals surface area contributed by atoms with Crippen LogP contribution in [0, 0.1) is 12.8 Å². The minimum atomic E-state index is -0.341. The number of hydrogen-bond donors (Lipinski definition) is 1. The molecule has 0 radical (unpaired) electrons. The van der Waals surface area contributed by atoms with Gasteiger partial charge in [0.2, 0.25) is 11.8 Å². The van der Waals surface area contributed by atoms with E-state index < -0.39 is 0 Å². The Labute approximate surface area is 170 Å². The van der Waals surface area contributed by atoms with Crippen LogP contribution in [-0.4, -0.2) is 54.5 Å². The first kappa shape index (κ1) is 19.4. The smallest absolute Gasteiger partial charge is 0.229 e. The van der Waals surface area contributed by atoms with E-state index in [4.69, 9.17) is 4.74 Å². The van der Waals surface area contributed by atoms with Crippen LogP contribution in [0.1, 0.15) is 17.5 Å². The molecule has 1 aromatic carbocycles.